The van der Waals surface area contributed by atoms with E-state index < -0.39 is 5.97 Å². The summed E-state index contributed by atoms with van der Waals surface area (Å²) in [7, 11) is 1.31. The standard InChI is InChI=1S/C16H13N3O3S/c1-22-15(21)11-4-5-12-13(7-11)18-16(23)19(14(12)20)9-10-3-2-6-17-8-10/h2-8H,9H2,1H3,(H,18,23)/p+1. The topological polar surface area (TPSA) is 78.2 Å². The van der Waals surface area contributed by atoms with Gasteiger partial charge in [0.05, 0.1) is 30.1 Å². The molecule has 23 heavy (non-hydrogen) atoms. The van der Waals surface area contributed by atoms with Gasteiger partial charge in [0.2, 0.25) is 0 Å². The number of methoxy groups -OCH3 is 1. The van der Waals surface area contributed by atoms with E-state index in [0.717, 1.165) is 5.56 Å². The molecule has 0 spiro atoms. The Balaban J connectivity index is 2.13. The summed E-state index contributed by atoms with van der Waals surface area (Å²) in [6.07, 6.45) is 3.60. The van der Waals surface area contributed by atoms with E-state index in [9.17, 15) is 9.59 Å². The summed E-state index contributed by atoms with van der Waals surface area (Å²) in [4.78, 5) is 30.2. The number of carbonyl (C=O) groups excluding carboxylic acids is 1. The molecule has 0 amide bonds. The van der Waals surface area contributed by atoms with Crippen molar-refractivity contribution < 1.29 is 14.5 Å². The molecule has 0 aliphatic rings. The van der Waals surface area contributed by atoms with Crippen molar-refractivity contribution in [1.82, 2.24) is 9.55 Å². The van der Waals surface area contributed by atoms with Gasteiger partial charge in [0.15, 0.2) is 17.2 Å². The highest BCUT2D eigenvalue weighted by atomic mass is 32.1. The van der Waals surface area contributed by atoms with Crippen LogP contribution in [0.5, 0.6) is 0 Å². The lowest BCUT2D eigenvalue weighted by Crippen LogP contribution is -2.23. The summed E-state index contributed by atoms with van der Waals surface area (Å²) in [6, 6.07) is 8.49. The van der Waals surface area contributed by atoms with E-state index in [1.54, 1.807) is 24.4 Å². The Morgan fingerprint density at radius 3 is 2.91 bits per heavy atom. The molecule has 0 atom stereocenters. The second-order valence-corrected chi connectivity index (χ2v) is 5.37. The van der Waals surface area contributed by atoms with Crippen LogP contribution in [-0.4, -0.2) is 22.6 Å². The zero-order valence-corrected chi connectivity index (χ0v) is 13.1. The maximum absolute atomic E-state index is 12.7. The van der Waals surface area contributed by atoms with Crippen LogP contribution < -0.4 is 10.5 Å². The molecule has 0 bridgehead atoms. The normalized spacial score (nSPS) is 10.7. The predicted molar refractivity (Wildman–Crippen MR) is 86.8 cm³/mol. The van der Waals surface area contributed by atoms with Crippen LogP contribution in [0.3, 0.4) is 0 Å². The number of carbonyl (C=O) groups is 1. The zero-order valence-electron chi connectivity index (χ0n) is 12.3. The second kappa shape index (κ2) is 6.13. The van der Waals surface area contributed by atoms with Gasteiger partial charge in [-0.3, -0.25) is 9.36 Å². The Hall–Kier alpha value is -2.80. The molecule has 2 aromatic heterocycles. The third-order valence-corrected chi connectivity index (χ3v) is 3.84. The van der Waals surface area contributed by atoms with Crippen LogP contribution in [-0.2, 0) is 11.3 Å². The van der Waals surface area contributed by atoms with Crippen molar-refractivity contribution in [2.45, 2.75) is 6.54 Å². The van der Waals surface area contributed by atoms with Crippen molar-refractivity contribution in [3.05, 3.63) is 69.0 Å². The molecule has 0 radical (unpaired) electrons. The number of pyridine rings is 1. The van der Waals surface area contributed by atoms with E-state index in [1.165, 1.54) is 11.7 Å². The van der Waals surface area contributed by atoms with Crippen LogP contribution in [0.4, 0.5) is 0 Å². The van der Waals surface area contributed by atoms with Gasteiger partial charge < -0.3 is 9.72 Å². The Morgan fingerprint density at radius 1 is 1.39 bits per heavy atom. The van der Waals surface area contributed by atoms with E-state index in [0.29, 0.717) is 27.8 Å². The Labute approximate surface area is 136 Å². The Bertz CT molecular complexity index is 993. The lowest BCUT2D eigenvalue weighted by molar-refractivity contribution is -0.378. The summed E-state index contributed by atoms with van der Waals surface area (Å²) in [6.45, 7) is 0.361. The molecule has 2 heterocycles. The number of ether oxygens (including phenoxy) is 1. The number of rotatable bonds is 3. The van der Waals surface area contributed by atoms with Gasteiger partial charge in [0.25, 0.3) is 5.56 Å². The van der Waals surface area contributed by atoms with Gasteiger partial charge in [-0.05, 0) is 36.5 Å². The molecule has 7 heteroatoms. The fourth-order valence-corrected chi connectivity index (χ4v) is 2.61. The van der Waals surface area contributed by atoms with Gasteiger partial charge in [-0.1, -0.05) is 0 Å². The molecule has 3 rings (SSSR count). The van der Waals surface area contributed by atoms with Crippen LogP contribution in [0.25, 0.3) is 10.9 Å². The van der Waals surface area contributed by atoms with Crippen LogP contribution in [0, 0.1) is 4.77 Å². The van der Waals surface area contributed by atoms with Gasteiger partial charge in [-0.25, -0.2) is 9.78 Å². The first-order valence-corrected chi connectivity index (χ1v) is 7.31. The average Bonchev–Trinajstić information content (AvgIpc) is 2.58. The first-order chi connectivity index (χ1) is 11.1. The smallest absolute Gasteiger partial charge is 0.337 e. The number of hydrogen-bond acceptors (Lipinski definition) is 4. The number of H-pyrrole nitrogens is 2. The van der Waals surface area contributed by atoms with E-state index in [4.69, 9.17) is 12.2 Å². The fourth-order valence-electron chi connectivity index (χ4n) is 2.35. The monoisotopic (exact) mass is 328 g/mol. The van der Waals surface area contributed by atoms with Gasteiger partial charge in [0, 0.05) is 11.6 Å². The molecule has 1 aromatic carbocycles. The van der Waals surface area contributed by atoms with Crippen molar-refractivity contribution in [1.29, 1.82) is 0 Å². The van der Waals surface area contributed by atoms with Gasteiger partial charge in [-0.15, -0.1) is 0 Å². The number of aromatic amines is 2. The number of fused-ring (bicyclic) bond motifs is 1. The molecule has 116 valence electrons. The Kier molecular flexibility index (Phi) is 4.03. The van der Waals surface area contributed by atoms with Crippen molar-refractivity contribution in [3.63, 3.8) is 0 Å². The average molecular weight is 328 g/mol. The summed E-state index contributed by atoms with van der Waals surface area (Å²) < 4.78 is 6.47. The molecule has 0 fully saturated rings. The molecule has 2 N–H and O–H groups in total. The predicted octanol–water partition coefficient (Wildman–Crippen LogP) is 1.71. The molecule has 6 nitrogen and oxygen atoms in total. The van der Waals surface area contributed by atoms with Crippen LogP contribution in [0.1, 0.15) is 15.9 Å². The number of benzene rings is 1. The lowest BCUT2D eigenvalue weighted by Gasteiger charge is -2.08. The minimum atomic E-state index is -0.463. The fraction of sp³-hybridized carbons (Fsp3) is 0.125. The quantitative estimate of drug-likeness (QED) is 0.586. The third kappa shape index (κ3) is 2.91. The highest BCUT2D eigenvalue weighted by Crippen LogP contribution is 2.12. The third-order valence-electron chi connectivity index (χ3n) is 3.52. The van der Waals surface area contributed by atoms with E-state index in [2.05, 4.69) is 14.7 Å². The lowest BCUT2D eigenvalue weighted by atomic mass is 10.1. The summed E-state index contributed by atoms with van der Waals surface area (Å²) >= 11 is 5.28. The molecule has 0 aliphatic heterocycles. The zero-order chi connectivity index (χ0) is 16.4. The first kappa shape index (κ1) is 15.1. The minimum Gasteiger partial charge on any atom is -0.465 e. The summed E-state index contributed by atoms with van der Waals surface area (Å²) in [5, 5.41) is 0.464. The van der Waals surface area contributed by atoms with Crippen molar-refractivity contribution in [2.75, 3.05) is 7.11 Å². The van der Waals surface area contributed by atoms with Crippen LogP contribution >= 0.6 is 12.2 Å². The van der Waals surface area contributed by atoms with E-state index >= 15 is 0 Å². The number of nitrogens with one attached hydrogen (secondary N) is 2. The Morgan fingerprint density at radius 2 is 2.22 bits per heavy atom. The van der Waals surface area contributed by atoms with Crippen molar-refractivity contribution in [2.24, 2.45) is 0 Å². The van der Waals surface area contributed by atoms with Gasteiger partial charge >= 0.3 is 5.97 Å². The molecule has 3 aromatic rings. The van der Waals surface area contributed by atoms with Crippen molar-refractivity contribution in [3.8, 4) is 0 Å². The SMILES string of the molecule is COC(=O)c1ccc2c(=O)n(Cc3ccc[nH+]c3)c(=S)[nH]c2c1. The summed E-state index contributed by atoms with van der Waals surface area (Å²) in [5.41, 5.74) is 1.60. The van der Waals surface area contributed by atoms with Crippen molar-refractivity contribution >= 4 is 29.1 Å². The number of esters is 1. The second-order valence-electron chi connectivity index (χ2n) is 4.99. The molecular weight excluding hydrogens is 314 g/mol. The molecule has 0 aliphatic carbocycles. The summed E-state index contributed by atoms with van der Waals surface area (Å²) in [5.74, 6) is -0.463. The van der Waals surface area contributed by atoms with Gasteiger partial charge in [-0.2, -0.15) is 0 Å². The maximum atomic E-state index is 12.7. The molecular formula is C16H14N3O3S+. The van der Waals surface area contributed by atoms with E-state index in [-0.39, 0.29) is 5.56 Å². The number of hydrogen-bond donors (Lipinski definition) is 1. The largest absolute Gasteiger partial charge is 0.465 e. The highest BCUT2D eigenvalue weighted by molar-refractivity contribution is 7.71. The molecule has 0 saturated carbocycles. The molecule has 0 unspecified atom stereocenters. The minimum absolute atomic E-state index is 0.205. The highest BCUT2D eigenvalue weighted by Gasteiger charge is 2.11. The van der Waals surface area contributed by atoms with Crippen LogP contribution in [0.15, 0.2) is 47.5 Å². The number of aromatic nitrogens is 3. The maximum Gasteiger partial charge on any atom is 0.337 e. The first-order valence-electron chi connectivity index (χ1n) is 6.90. The number of nitrogens with zero attached hydrogens (tertiary/aromatic N) is 1. The molecule has 0 saturated heterocycles. The van der Waals surface area contributed by atoms with Crippen LogP contribution in [0.2, 0.25) is 0 Å². The van der Waals surface area contributed by atoms with E-state index in [1.807, 2.05) is 18.3 Å². The van der Waals surface area contributed by atoms with Gasteiger partial charge in [0.1, 0.15) is 0 Å².